The van der Waals surface area contributed by atoms with E-state index in [1.54, 1.807) is 6.92 Å². The molecule has 0 rings (SSSR count). The second kappa shape index (κ2) is 7.19. The van der Waals surface area contributed by atoms with Crippen LogP contribution < -0.4 is 21.9 Å². The summed E-state index contributed by atoms with van der Waals surface area (Å²) < 4.78 is 0. The topological polar surface area (TPSA) is 125 Å². The van der Waals surface area contributed by atoms with Crippen molar-refractivity contribution in [2.24, 2.45) is 0 Å². The van der Waals surface area contributed by atoms with Crippen LogP contribution in [0, 0.1) is 0 Å². The minimum atomic E-state index is -1.24. The van der Waals surface area contributed by atoms with Crippen molar-refractivity contribution in [1.29, 1.82) is 0 Å². The fraction of sp³-hybridized carbons (Fsp3) is 0.778. The average molecular weight is 218 g/mol. The minimum absolute atomic E-state index is 0.362. The second-order valence-electron chi connectivity index (χ2n) is 3.63. The van der Waals surface area contributed by atoms with Crippen LogP contribution >= 0.6 is 0 Å². The molecule has 0 aliphatic rings. The van der Waals surface area contributed by atoms with Crippen LogP contribution in [0.25, 0.3) is 0 Å². The molecular weight excluding hydrogens is 198 g/mol. The molecule has 6 heteroatoms. The Morgan fingerprint density at radius 3 is 2.40 bits per heavy atom. The van der Waals surface area contributed by atoms with E-state index in [0.29, 0.717) is 12.8 Å². The summed E-state index contributed by atoms with van der Waals surface area (Å²) in [6.45, 7) is 2.37. The van der Waals surface area contributed by atoms with E-state index in [2.05, 4.69) is 16.8 Å². The van der Waals surface area contributed by atoms with E-state index in [-0.39, 0.29) is 5.91 Å². The summed E-state index contributed by atoms with van der Waals surface area (Å²) >= 11 is 0. The van der Waals surface area contributed by atoms with Crippen molar-refractivity contribution >= 4 is 11.9 Å². The lowest BCUT2D eigenvalue weighted by atomic mass is 10.1. The predicted octanol–water partition coefficient (Wildman–Crippen LogP) is -3.74. The predicted molar refractivity (Wildman–Crippen MR) is 50.9 cm³/mol. The number of carboxylic acid groups (broad SMARTS) is 1. The zero-order valence-electron chi connectivity index (χ0n) is 9.12. The van der Waals surface area contributed by atoms with Crippen LogP contribution in [-0.2, 0) is 9.59 Å². The van der Waals surface area contributed by atoms with Gasteiger partial charge in [0.1, 0.15) is 0 Å². The Balaban J connectivity index is 4.05. The van der Waals surface area contributed by atoms with Crippen molar-refractivity contribution in [3.63, 3.8) is 0 Å². The van der Waals surface area contributed by atoms with Crippen molar-refractivity contribution in [1.82, 2.24) is 5.32 Å². The SMILES string of the molecule is CC([NH3+])C(=O)NC(CCCC[NH3+])C(=O)[O-]. The van der Waals surface area contributed by atoms with Gasteiger partial charge in [-0.2, -0.15) is 0 Å². The first-order valence-corrected chi connectivity index (χ1v) is 5.12. The van der Waals surface area contributed by atoms with Gasteiger partial charge in [0.25, 0.3) is 5.91 Å². The molecule has 1 amide bonds. The van der Waals surface area contributed by atoms with Crippen LogP contribution in [0.5, 0.6) is 0 Å². The molecule has 2 atom stereocenters. The normalized spacial score (nSPS) is 14.3. The number of carbonyl (C=O) groups is 2. The highest BCUT2D eigenvalue weighted by Gasteiger charge is 2.17. The Kier molecular flexibility index (Phi) is 6.64. The first-order valence-electron chi connectivity index (χ1n) is 5.12. The summed E-state index contributed by atoms with van der Waals surface area (Å²) in [7, 11) is 0. The Bertz CT molecular complexity index is 219. The summed E-state index contributed by atoms with van der Waals surface area (Å²) in [6, 6.07) is -1.37. The van der Waals surface area contributed by atoms with Gasteiger partial charge in [-0.05, 0) is 26.2 Å². The van der Waals surface area contributed by atoms with Gasteiger partial charge >= 0.3 is 0 Å². The molecule has 0 spiro atoms. The third-order valence-corrected chi connectivity index (χ3v) is 2.04. The molecule has 15 heavy (non-hydrogen) atoms. The van der Waals surface area contributed by atoms with Crippen molar-refractivity contribution in [3.8, 4) is 0 Å². The van der Waals surface area contributed by atoms with Crippen LogP contribution in [0.3, 0.4) is 0 Å². The lowest BCUT2D eigenvalue weighted by Gasteiger charge is -2.19. The number of amides is 1. The van der Waals surface area contributed by atoms with Gasteiger partial charge in [0, 0.05) is 0 Å². The molecule has 0 saturated heterocycles. The van der Waals surface area contributed by atoms with Gasteiger partial charge < -0.3 is 26.7 Å². The van der Waals surface area contributed by atoms with Gasteiger partial charge in [0.2, 0.25) is 0 Å². The van der Waals surface area contributed by atoms with Crippen molar-refractivity contribution in [2.45, 2.75) is 38.3 Å². The number of unbranched alkanes of at least 4 members (excludes halogenated alkanes) is 1. The number of hydrogen-bond donors (Lipinski definition) is 3. The van der Waals surface area contributed by atoms with E-state index in [9.17, 15) is 14.7 Å². The number of carbonyl (C=O) groups excluding carboxylic acids is 2. The molecule has 0 aromatic heterocycles. The van der Waals surface area contributed by atoms with Crippen LogP contribution in [-0.4, -0.2) is 30.5 Å². The van der Waals surface area contributed by atoms with Gasteiger partial charge in [-0.15, -0.1) is 0 Å². The van der Waals surface area contributed by atoms with E-state index in [1.807, 2.05) is 0 Å². The van der Waals surface area contributed by atoms with E-state index >= 15 is 0 Å². The van der Waals surface area contributed by atoms with Gasteiger partial charge in [-0.25, -0.2) is 0 Å². The third kappa shape index (κ3) is 6.03. The summed E-state index contributed by atoms with van der Waals surface area (Å²) in [5, 5.41) is 13.1. The number of carboxylic acids is 1. The standard InChI is InChI=1S/C9H19N3O3/c1-6(11)8(13)12-7(9(14)15)4-2-3-5-10/h6-7H,2-5,10-11H2,1H3,(H,12,13)(H,14,15)/p+1. The highest BCUT2D eigenvalue weighted by Crippen LogP contribution is 1.99. The minimum Gasteiger partial charge on any atom is -0.548 e. The zero-order valence-corrected chi connectivity index (χ0v) is 9.12. The van der Waals surface area contributed by atoms with Crippen molar-refractivity contribution < 1.29 is 26.2 Å². The van der Waals surface area contributed by atoms with E-state index in [4.69, 9.17) is 0 Å². The molecular formula is C9H20N3O3+. The van der Waals surface area contributed by atoms with Crippen molar-refractivity contribution in [2.75, 3.05) is 6.54 Å². The number of aliphatic carboxylic acids is 1. The Morgan fingerprint density at radius 2 is 2.00 bits per heavy atom. The second-order valence-corrected chi connectivity index (χ2v) is 3.63. The number of rotatable bonds is 7. The third-order valence-electron chi connectivity index (χ3n) is 2.04. The first-order chi connectivity index (χ1) is 6.99. The van der Waals surface area contributed by atoms with Crippen LogP contribution in [0.2, 0.25) is 0 Å². The number of hydrogen-bond acceptors (Lipinski definition) is 3. The monoisotopic (exact) mass is 218 g/mol. The van der Waals surface area contributed by atoms with Crippen LogP contribution in [0.4, 0.5) is 0 Å². The lowest BCUT2D eigenvalue weighted by molar-refractivity contribution is -0.398. The number of nitrogens with one attached hydrogen (secondary N) is 1. The Hall–Kier alpha value is -1.14. The molecule has 0 bridgehead atoms. The summed E-state index contributed by atoms with van der Waals surface area (Å²) in [5.74, 6) is -1.60. The molecule has 0 aromatic rings. The van der Waals surface area contributed by atoms with Crippen LogP contribution in [0.1, 0.15) is 26.2 Å². The smallest absolute Gasteiger partial charge is 0.278 e. The fourth-order valence-corrected chi connectivity index (χ4v) is 1.09. The molecule has 0 aliphatic carbocycles. The summed E-state index contributed by atoms with van der Waals surface area (Å²) in [4.78, 5) is 21.9. The molecule has 0 radical (unpaired) electrons. The first kappa shape index (κ1) is 13.9. The maximum Gasteiger partial charge on any atom is 0.278 e. The molecule has 6 nitrogen and oxygen atoms in total. The molecule has 2 unspecified atom stereocenters. The molecule has 0 fully saturated rings. The van der Waals surface area contributed by atoms with E-state index < -0.39 is 18.1 Å². The van der Waals surface area contributed by atoms with E-state index in [0.717, 1.165) is 13.0 Å². The highest BCUT2D eigenvalue weighted by molar-refractivity contribution is 5.84. The van der Waals surface area contributed by atoms with Gasteiger partial charge in [-0.3, -0.25) is 4.79 Å². The fourth-order valence-electron chi connectivity index (χ4n) is 1.09. The number of quaternary nitrogens is 2. The maximum atomic E-state index is 11.2. The molecule has 0 aliphatic heterocycles. The maximum absolute atomic E-state index is 11.2. The summed E-state index contributed by atoms with van der Waals surface area (Å²) in [6.07, 6.45) is 1.95. The Morgan fingerprint density at radius 1 is 1.40 bits per heavy atom. The molecule has 0 saturated carbocycles. The van der Waals surface area contributed by atoms with Crippen molar-refractivity contribution in [3.05, 3.63) is 0 Å². The Labute approximate surface area is 89.0 Å². The molecule has 7 N–H and O–H groups in total. The lowest BCUT2D eigenvalue weighted by Crippen LogP contribution is -2.67. The van der Waals surface area contributed by atoms with Crippen LogP contribution in [0.15, 0.2) is 0 Å². The average Bonchev–Trinajstić information content (AvgIpc) is 2.15. The van der Waals surface area contributed by atoms with E-state index in [1.165, 1.54) is 0 Å². The largest absolute Gasteiger partial charge is 0.548 e. The highest BCUT2D eigenvalue weighted by atomic mass is 16.4. The molecule has 0 heterocycles. The molecule has 88 valence electrons. The summed E-state index contributed by atoms with van der Waals surface area (Å²) in [5.41, 5.74) is 7.17. The van der Waals surface area contributed by atoms with Gasteiger partial charge in [0.05, 0.1) is 18.6 Å². The molecule has 0 aromatic carbocycles. The van der Waals surface area contributed by atoms with Gasteiger partial charge in [-0.1, -0.05) is 0 Å². The zero-order chi connectivity index (χ0) is 11.8. The van der Waals surface area contributed by atoms with Gasteiger partial charge in [0.15, 0.2) is 6.04 Å². The quantitative estimate of drug-likeness (QED) is 0.380.